The number of aryl methyl sites for hydroxylation is 1. The van der Waals surface area contributed by atoms with Gasteiger partial charge in [-0.15, -0.1) is 10.2 Å². The summed E-state index contributed by atoms with van der Waals surface area (Å²) in [5, 5.41) is 10.6. The van der Waals surface area contributed by atoms with E-state index in [-0.39, 0.29) is 0 Å². The second kappa shape index (κ2) is 7.04. The van der Waals surface area contributed by atoms with E-state index in [1.807, 2.05) is 19.2 Å². The van der Waals surface area contributed by atoms with Crippen LogP contribution in [0.1, 0.15) is 6.42 Å². The van der Waals surface area contributed by atoms with Crippen molar-refractivity contribution in [2.75, 3.05) is 38.6 Å². The Kier molecular flexibility index (Phi) is 4.64. The molecule has 7 heteroatoms. The third kappa shape index (κ3) is 3.11. The minimum absolute atomic E-state index is 0.760. The van der Waals surface area contributed by atoms with Crippen LogP contribution in [0.2, 0.25) is 0 Å². The number of ether oxygens (including phenoxy) is 1. The summed E-state index contributed by atoms with van der Waals surface area (Å²) in [6, 6.07) is 8.23. The highest BCUT2D eigenvalue weighted by molar-refractivity contribution is 7.99. The highest BCUT2D eigenvalue weighted by Crippen LogP contribution is 2.25. The molecular weight excluding hydrogens is 322 g/mol. The van der Waals surface area contributed by atoms with Crippen molar-refractivity contribution in [3.8, 4) is 0 Å². The predicted octanol–water partition coefficient (Wildman–Crippen LogP) is 2.33. The van der Waals surface area contributed by atoms with Crippen LogP contribution in [-0.2, 0) is 11.8 Å². The zero-order valence-corrected chi connectivity index (χ0v) is 14.6. The third-order valence-electron chi connectivity index (χ3n) is 4.44. The maximum Gasteiger partial charge on any atom is 0.211 e. The molecular formula is C17H21N5OS. The van der Waals surface area contributed by atoms with Crippen molar-refractivity contribution < 1.29 is 4.74 Å². The number of aromatic nitrogens is 4. The Bertz CT molecular complexity index is 843. The van der Waals surface area contributed by atoms with Gasteiger partial charge in [-0.1, -0.05) is 30.0 Å². The highest BCUT2D eigenvalue weighted by Gasteiger charge is 2.13. The molecule has 2 aromatic heterocycles. The molecule has 3 heterocycles. The van der Waals surface area contributed by atoms with Crippen LogP contribution in [0.15, 0.2) is 29.4 Å². The van der Waals surface area contributed by atoms with E-state index < -0.39 is 0 Å². The molecule has 1 saturated heterocycles. The van der Waals surface area contributed by atoms with Gasteiger partial charge >= 0.3 is 0 Å². The molecule has 126 valence electrons. The maximum atomic E-state index is 5.37. The van der Waals surface area contributed by atoms with Crippen LogP contribution in [0.25, 0.3) is 22.1 Å². The second-order valence-electron chi connectivity index (χ2n) is 6.00. The summed E-state index contributed by atoms with van der Waals surface area (Å²) in [6.07, 6.45) is 1.13. The van der Waals surface area contributed by atoms with Gasteiger partial charge in [-0.25, -0.2) is 4.98 Å². The maximum absolute atomic E-state index is 5.37. The van der Waals surface area contributed by atoms with Gasteiger partial charge < -0.3 is 9.30 Å². The number of nitrogens with zero attached hydrogens (tertiary/aromatic N) is 5. The van der Waals surface area contributed by atoms with Gasteiger partial charge in [0.1, 0.15) is 5.52 Å². The SMILES string of the molecule is Cn1c2ccccc2c2nnc(SCCCN3CCOCC3)nc21. The zero-order chi connectivity index (χ0) is 16.4. The number of rotatable bonds is 5. The molecule has 6 nitrogen and oxygen atoms in total. The fraction of sp³-hybridized carbons (Fsp3) is 0.471. The molecule has 1 fully saturated rings. The summed E-state index contributed by atoms with van der Waals surface area (Å²) >= 11 is 1.69. The van der Waals surface area contributed by atoms with Gasteiger partial charge in [-0.05, 0) is 19.0 Å². The average molecular weight is 343 g/mol. The smallest absolute Gasteiger partial charge is 0.211 e. The van der Waals surface area contributed by atoms with Crippen LogP contribution in [0.3, 0.4) is 0 Å². The van der Waals surface area contributed by atoms with Crippen molar-refractivity contribution in [2.24, 2.45) is 7.05 Å². The van der Waals surface area contributed by atoms with Gasteiger partial charge in [-0.2, -0.15) is 0 Å². The van der Waals surface area contributed by atoms with Crippen LogP contribution in [0.4, 0.5) is 0 Å². The fourth-order valence-corrected chi connectivity index (χ4v) is 3.84. The van der Waals surface area contributed by atoms with E-state index in [4.69, 9.17) is 9.72 Å². The summed E-state index contributed by atoms with van der Waals surface area (Å²) in [7, 11) is 2.03. The van der Waals surface area contributed by atoms with Crippen molar-refractivity contribution in [1.29, 1.82) is 0 Å². The van der Waals surface area contributed by atoms with Crippen LogP contribution >= 0.6 is 11.8 Å². The predicted molar refractivity (Wildman–Crippen MR) is 96.4 cm³/mol. The van der Waals surface area contributed by atoms with E-state index in [0.717, 1.165) is 72.2 Å². The molecule has 0 unspecified atom stereocenters. The molecule has 0 atom stereocenters. The summed E-state index contributed by atoms with van der Waals surface area (Å²) in [5.41, 5.74) is 2.93. The number of hydrogen-bond acceptors (Lipinski definition) is 6. The average Bonchev–Trinajstić information content (AvgIpc) is 2.92. The molecule has 3 aromatic rings. The van der Waals surface area contributed by atoms with E-state index in [9.17, 15) is 0 Å². The van der Waals surface area contributed by atoms with Crippen LogP contribution in [-0.4, -0.2) is 63.2 Å². The standard InChI is InChI=1S/C17H21N5OS/c1-21-14-6-3-2-5-13(14)15-16(21)18-17(20-19-15)24-12-4-7-22-8-10-23-11-9-22/h2-3,5-6H,4,7-12H2,1H3. The van der Waals surface area contributed by atoms with Crippen molar-refractivity contribution in [1.82, 2.24) is 24.6 Å². The molecule has 0 N–H and O–H groups in total. The van der Waals surface area contributed by atoms with Gasteiger partial charge in [0.2, 0.25) is 5.16 Å². The number of hydrogen-bond donors (Lipinski definition) is 0. The first kappa shape index (κ1) is 15.8. The molecule has 4 rings (SSSR count). The van der Waals surface area contributed by atoms with Crippen molar-refractivity contribution >= 4 is 33.8 Å². The van der Waals surface area contributed by atoms with E-state index in [1.165, 1.54) is 0 Å². The lowest BCUT2D eigenvalue weighted by atomic mass is 10.2. The van der Waals surface area contributed by atoms with E-state index in [0.29, 0.717) is 0 Å². The van der Waals surface area contributed by atoms with Gasteiger partial charge in [-0.3, -0.25) is 4.90 Å². The number of para-hydroxylation sites is 1. The number of thioether (sulfide) groups is 1. The third-order valence-corrected chi connectivity index (χ3v) is 5.36. The Hall–Kier alpha value is -1.70. The van der Waals surface area contributed by atoms with Crippen LogP contribution in [0, 0.1) is 0 Å². The lowest BCUT2D eigenvalue weighted by molar-refractivity contribution is 0.0381. The van der Waals surface area contributed by atoms with Gasteiger partial charge in [0, 0.05) is 31.3 Å². The molecule has 0 spiro atoms. The van der Waals surface area contributed by atoms with Crippen molar-refractivity contribution in [3.05, 3.63) is 24.3 Å². The minimum atomic E-state index is 0.760. The van der Waals surface area contributed by atoms with Crippen LogP contribution < -0.4 is 0 Å². The molecule has 24 heavy (non-hydrogen) atoms. The quantitative estimate of drug-likeness (QED) is 0.523. The highest BCUT2D eigenvalue weighted by atomic mass is 32.2. The summed E-state index contributed by atoms with van der Waals surface area (Å²) in [6.45, 7) is 4.92. The number of fused-ring (bicyclic) bond motifs is 3. The molecule has 0 saturated carbocycles. The topological polar surface area (TPSA) is 56.1 Å². The monoisotopic (exact) mass is 343 g/mol. The van der Waals surface area contributed by atoms with E-state index in [1.54, 1.807) is 11.8 Å². The van der Waals surface area contributed by atoms with Gasteiger partial charge in [0.15, 0.2) is 5.65 Å². The molecule has 0 radical (unpaired) electrons. The van der Waals surface area contributed by atoms with Crippen molar-refractivity contribution in [3.63, 3.8) is 0 Å². The van der Waals surface area contributed by atoms with E-state index >= 15 is 0 Å². The van der Waals surface area contributed by atoms with Crippen molar-refractivity contribution in [2.45, 2.75) is 11.6 Å². The second-order valence-corrected chi connectivity index (χ2v) is 7.06. The summed E-state index contributed by atoms with van der Waals surface area (Å²) in [4.78, 5) is 7.17. The zero-order valence-electron chi connectivity index (χ0n) is 13.8. The largest absolute Gasteiger partial charge is 0.379 e. The first-order chi connectivity index (χ1) is 11.8. The number of morpholine rings is 1. The molecule has 1 aromatic carbocycles. The van der Waals surface area contributed by atoms with E-state index in [2.05, 4.69) is 31.8 Å². The number of benzene rings is 1. The Balaban J connectivity index is 1.43. The van der Waals surface area contributed by atoms with Gasteiger partial charge in [0.05, 0.1) is 18.7 Å². The fourth-order valence-electron chi connectivity index (χ4n) is 3.13. The Labute approximate surface area is 145 Å². The Morgan fingerprint density at radius 3 is 2.88 bits per heavy atom. The Morgan fingerprint density at radius 2 is 2.00 bits per heavy atom. The lowest BCUT2D eigenvalue weighted by Gasteiger charge is -2.26. The summed E-state index contributed by atoms with van der Waals surface area (Å²) in [5.74, 6) is 1.01. The molecule has 0 bridgehead atoms. The molecule has 1 aliphatic rings. The minimum Gasteiger partial charge on any atom is -0.379 e. The molecule has 0 aliphatic carbocycles. The van der Waals surface area contributed by atoms with Gasteiger partial charge in [0.25, 0.3) is 0 Å². The Morgan fingerprint density at radius 1 is 1.17 bits per heavy atom. The van der Waals surface area contributed by atoms with Crippen LogP contribution in [0.5, 0.6) is 0 Å². The lowest BCUT2D eigenvalue weighted by Crippen LogP contribution is -2.36. The summed E-state index contributed by atoms with van der Waals surface area (Å²) < 4.78 is 7.47. The first-order valence-electron chi connectivity index (χ1n) is 8.34. The first-order valence-corrected chi connectivity index (χ1v) is 9.32. The normalized spacial score (nSPS) is 16.2. The molecule has 0 amide bonds. The molecule has 1 aliphatic heterocycles.